The zero-order chi connectivity index (χ0) is 10.3. The summed E-state index contributed by atoms with van der Waals surface area (Å²) in [5.41, 5.74) is -1.12. The van der Waals surface area contributed by atoms with Gasteiger partial charge < -0.3 is 10.1 Å². The summed E-state index contributed by atoms with van der Waals surface area (Å²) in [6.45, 7) is 0.0656. The molecule has 1 aliphatic rings. The van der Waals surface area contributed by atoms with Crippen molar-refractivity contribution < 1.29 is 22.3 Å². The Kier molecular flexibility index (Phi) is 1.80. The van der Waals surface area contributed by atoms with E-state index in [-0.39, 0.29) is 18.2 Å². The average molecular weight is 207 g/mol. The van der Waals surface area contributed by atoms with Crippen molar-refractivity contribution in [3.8, 4) is 5.75 Å². The Morgan fingerprint density at radius 2 is 2.00 bits per heavy atom. The monoisotopic (exact) mass is 207 g/mol. The lowest BCUT2D eigenvalue weighted by Gasteiger charge is -2.08. The Balaban J connectivity index is 2.53. The average Bonchev–Trinajstić information content (AvgIpc) is 2.47. The first-order valence-electron chi connectivity index (χ1n) is 3.76. The summed E-state index contributed by atoms with van der Waals surface area (Å²) < 4.78 is 54.4. The van der Waals surface area contributed by atoms with E-state index in [2.05, 4.69) is 5.32 Å². The van der Waals surface area contributed by atoms with Crippen molar-refractivity contribution in [3.63, 3.8) is 0 Å². The van der Waals surface area contributed by atoms with Crippen LogP contribution in [0.4, 0.5) is 23.2 Å². The number of hydrogen-bond acceptors (Lipinski definition) is 2. The van der Waals surface area contributed by atoms with Gasteiger partial charge in [0.1, 0.15) is 11.6 Å². The van der Waals surface area contributed by atoms with Gasteiger partial charge in [0, 0.05) is 6.07 Å². The van der Waals surface area contributed by atoms with E-state index in [0.29, 0.717) is 6.07 Å². The molecule has 76 valence electrons. The normalized spacial score (nSPS) is 14.6. The molecule has 0 aromatic heterocycles. The summed E-state index contributed by atoms with van der Waals surface area (Å²) in [5, 5.41) is 2.55. The zero-order valence-corrected chi connectivity index (χ0v) is 6.78. The van der Waals surface area contributed by atoms with Gasteiger partial charge in [-0.2, -0.15) is 13.2 Å². The van der Waals surface area contributed by atoms with E-state index < -0.39 is 17.6 Å². The van der Waals surface area contributed by atoms with Crippen LogP contribution < -0.4 is 10.1 Å². The van der Waals surface area contributed by atoms with Gasteiger partial charge in [-0.05, 0) is 6.07 Å². The molecule has 1 N–H and O–H groups in total. The third kappa shape index (κ3) is 1.36. The molecule has 0 fully saturated rings. The fourth-order valence-corrected chi connectivity index (χ4v) is 1.22. The number of alkyl halides is 3. The summed E-state index contributed by atoms with van der Waals surface area (Å²) >= 11 is 0. The van der Waals surface area contributed by atoms with Crippen LogP contribution in [-0.4, -0.2) is 6.73 Å². The third-order valence-corrected chi connectivity index (χ3v) is 1.86. The van der Waals surface area contributed by atoms with E-state index in [1.165, 1.54) is 0 Å². The molecule has 0 unspecified atom stereocenters. The maximum absolute atomic E-state index is 12.9. The lowest BCUT2D eigenvalue weighted by atomic mass is 10.1. The van der Waals surface area contributed by atoms with Gasteiger partial charge in [0.05, 0.1) is 11.3 Å². The van der Waals surface area contributed by atoms with Crippen LogP contribution in [0.5, 0.6) is 5.75 Å². The van der Waals surface area contributed by atoms with E-state index in [4.69, 9.17) is 4.74 Å². The summed E-state index contributed by atoms with van der Waals surface area (Å²) in [7, 11) is 0. The molecule has 0 radical (unpaired) electrons. The molecule has 0 saturated carbocycles. The summed E-state index contributed by atoms with van der Waals surface area (Å²) in [6, 6.07) is 1.44. The number of ether oxygens (including phenoxy) is 1. The molecule has 2 rings (SSSR count). The highest BCUT2D eigenvalue weighted by molar-refractivity contribution is 5.61. The predicted molar refractivity (Wildman–Crippen MR) is 40.5 cm³/mol. The van der Waals surface area contributed by atoms with Crippen LogP contribution in [0.1, 0.15) is 5.56 Å². The first-order chi connectivity index (χ1) is 6.48. The second-order valence-corrected chi connectivity index (χ2v) is 2.79. The van der Waals surface area contributed by atoms with E-state index in [1.54, 1.807) is 0 Å². The number of halogens is 4. The van der Waals surface area contributed by atoms with Crippen molar-refractivity contribution >= 4 is 5.69 Å². The Morgan fingerprint density at radius 1 is 1.29 bits per heavy atom. The topological polar surface area (TPSA) is 21.3 Å². The molecule has 0 aliphatic carbocycles. The van der Waals surface area contributed by atoms with Crippen LogP contribution >= 0.6 is 0 Å². The van der Waals surface area contributed by atoms with Gasteiger partial charge >= 0.3 is 6.18 Å². The first-order valence-corrected chi connectivity index (χ1v) is 3.76. The highest BCUT2D eigenvalue weighted by Crippen LogP contribution is 2.38. The molecular formula is C8H5F4NO. The largest absolute Gasteiger partial charge is 0.471 e. The molecule has 14 heavy (non-hydrogen) atoms. The van der Waals surface area contributed by atoms with E-state index >= 15 is 0 Å². The molecule has 6 heteroatoms. The molecule has 0 saturated heterocycles. The third-order valence-electron chi connectivity index (χ3n) is 1.86. The minimum Gasteiger partial charge on any atom is -0.471 e. The zero-order valence-electron chi connectivity index (χ0n) is 6.78. The maximum Gasteiger partial charge on any atom is 0.419 e. The van der Waals surface area contributed by atoms with Crippen molar-refractivity contribution in [1.29, 1.82) is 0 Å². The van der Waals surface area contributed by atoms with Gasteiger partial charge in [0.15, 0.2) is 6.73 Å². The molecule has 1 aromatic rings. The maximum atomic E-state index is 12.9. The predicted octanol–water partition coefficient (Wildman–Crippen LogP) is 2.61. The fraction of sp³-hybridized carbons (Fsp3) is 0.250. The van der Waals surface area contributed by atoms with Crippen molar-refractivity contribution in [2.24, 2.45) is 0 Å². The minimum absolute atomic E-state index is 0.0656. The van der Waals surface area contributed by atoms with E-state index in [9.17, 15) is 17.6 Å². The first kappa shape index (κ1) is 9.11. The molecule has 1 aromatic carbocycles. The van der Waals surface area contributed by atoms with Crippen molar-refractivity contribution in [3.05, 3.63) is 23.5 Å². The molecular weight excluding hydrogens is 202 g/mol. The number of benzene rings is 1. The van der Waals surface area contributed by atoms with Crippen molar-refractivity contribution in [2.75, 3.05) is 12.0 Å². The lowest BCUT2D eigenvalue weighted by Crippen LogP contribution is -2.08. The molecule has 0 atom stereocenters. The summed E-state index contributed by atoms with van der Waals surface area (Å²) in [4.78, 5) is 0. The Labute approximate surface area is 76.5 Å². The fourth-order valence-electron chi connectivity index (χ4n) is 1.22. The molecule has 0 bridgehead atoms. The van der Waals surface area contributed by atoms with E-state index in [1.807, 2.05) is 0 Å². The second kappa shape index (κ2) is 2.76. The van der Waals surface area contributed by atoms with Crippen LogP contribution in [0, 0.1) is 5.82 Å². The van der Waals surface area contributed by atoms with Crippen LogP contribution in [-0.2, 0) is 6.18 Å². The van der Waals surface area contributed by atoms with Gasteiger partial charge in [0.2, 0.25) is 0 Å². The van der Waals surface area contributed by atoms with Gasteiger partial charge in [-0.15, -0.1) is 0 Å². The number of anilines is 1. The smallest absolute Gasteiger partial charge is 0.419 e. The van der Waals surface area contributed by atoms with E-state index in [0.717, 1.165) is 6.07 Å². The SMILES string of the molecule is Fc1cc2c(cc1C(F)(F)F)NCO2. The van der Waals surface area contributed by atoms with Gasteiger partial charge in [-0.25, -0.2) is 4.39 Å². The Morgan fingerprint density at radius 3 is 2.64 bits per heavy atom. The van der Waals surface area contributed by atoms with Gasteiger partial charge in [-0.1, -0.05) is 0 Å². The summed E-state index contributed by atoms with van der Waals surface area (Å²) in [6.07, 6.45) is -4.68. The summed E-state index contributed by atoms with van der Waals surface area (Å²) in [5.74, 6) is -1.21. The lowest BCUT2D eigenvalue weighted by molar-refractivity contribution is -0.139. The van der Waals surface area contributed by atoms with Crippen molar-refractivity contribution in [1.82, 2.24) is 0 Å². The van der Waals surface area contributed by atoms with Crippen LogP contribution in [0.2, 0.25) is 0 Å². The van der Waals surface area contributed by atoms with Gasteiger partial charge in [-0.3, -0.25) is 0 Å². The quantitative estimate of drug-likeness (QED) is 0.660. The number of rotatable bonds is 0. The standard InChI is InChI=1S/C8H5F4NO/c9-5-2-7-6(13-3-14-7)1-4(5)8(10,11)12/h1-2,13H,3H2. The molecule has 1 heterocycles. The molecule has 0 spiro atoms. The molecule has 0 amide bonds. The number of fused-ring (bicyclic) bond motifs is 1. The molecule has 2 nitrogen and oxygen atoms in total. The Hall–Kier alpha value is -1.46. The number of nitrogens with one attached hydrogen (secondary N) is 1. The number of hydrogen-bond donors (Lipinski definition) is 1. The highest BCUT2D eigenvalue weighted by atomic mass is 19.4. The Bertz CT molecular complexity index is 374. The molecule has 1 aliphatic heterocycles. The minimum atomic E-state index is -4.68. The van der Waals surface area contributed by atoms with Crippen molar-refractivity contribution in [2.45, 2.75) is 6.18 Å². The van der Waals surface area contributed by atoms with Crippen LogP contribution in [0.3, 0.4) is 0 Å². The van der Waals surface area contributed by atoms with Crippen LogP contribution in [0.25, 0.3) is 0 Å². The highest BCUT2D eigenvalue weighted by Gasteiger charge is 2.35. The second-order valence-electron chi connectivity index (χ2n) is 2.79. The van der Waals surface area contributed by atoms with Gasteiger partial charge in [0.25, 0.3) is 0 Å². The van der Waals surface area contributed by atoms with Crippen LogP contribution in [0.15, 0.2) is 12.1 Å².